The van der Waals surface area contributed by atoms with Gasteiger partial charge in [-0.25, -0.2) is 0 Å². The van der Waals surface area contributed by atoms with Crippen LogP contribution in [0.15, 0.2) is 18.2 Å². The largest absolute Gasteiger partial charge is 0.508 e. The van der Waals surface area contributed by atoms with Gasteiger partial charge in [0.05, 0.1) is 0 Å². The molecule has 1 atom stereocenters. The van der Waals surface area contributed by atoms with E-state index < -0.39 is 12.0 Å². The van der Waals surface area contributed by atoms with Gasteiger partial charge in [0.15, 0.2) is 0 Å². The van der Waals surface area contributed by atoms with E-state index >= 15 is 0 Å². The Morgan fingerprint density at radius 2 is 2.21 bits per heavy atom. The maximum Gasteiger partial charge on any atom is 0.320 e. The molecule has 0 aromatic heterocycles. The lowest BCUT2D eigenvalue weighted by atomic mass is 10.0. The van der Waals surface area contributed by atoms with Gasteiger partial charge < -0.3 is 15.9 Å². The predicted molar refractivity (Wildman–Crippen MR) is 52.2 cm³/mol. The first kappa shape index (κ1) is 10.5. The maximum atomic E-state index is 10.5. The summed E-state index contributed by atoms with van der Waals surface area (Å²) in [4.78, 5) is 10.5. The van der Waals surface area contributed by atoms with Crippen molar-refractivity contribution in [3.8, 4) is 5.75 Å². The van der Waals surface area contributed by atoms with Gasteiger partial charge in [-0.3, -0.25) is 4.79 Å². The number of carbonyl (C=O) groups is 1. The average Bonchev–Trinajstić information content (AvgIpc) is 2.12. The quantitative estimate of drug-likeness (QED) is 0.661. The van der Waals surface area contributed by atoms with E-state index in [1.165, 1.54) is 0 Å². The molecule has 0 saturated carbocycles. The topological polar surface area (TPSA) is 83.5 Å². The summed E-state index contributed by atoms with van der Waals surface area (Å²) in [6.45, 7) is 1.74. The van der Waals surface area contributed by atoms with E-state index in [4.69, 9.17) is 10.8 Å². The van der Waals surface area contributed by atoms with Crippen molar-refractivity contribution < 1.29 is 15.0 Å². The highest BCUT2D eigenvalue weighted by atomic mass is 16.4. The third-order valence-electron chi connectivity index (χ3n) is 2.17. The molecule has 4 heteroatoms. The molecule has 0 saturated heterocycles. The molecule has 0 bridgehead atoms. The highest BCUT2D eigenvalue weighted by Crippen LogP contribution is 2.20. The van der Waals surface area contributed by atoms with Crippen molar-refractivity contribution >= 4 is 5.97 Å². The van der Waals surface area contributed by atoms with Crippen LogP contribution in [-0.2, 0) is 11.2 Å². The lowest BCUT2D eigenvalue weighted by Crippen LogP contribution is -2.32. The number of aliphatic carboxylic acids is 1. The van der Waals surface area contributed by atoms with E-state index in [-0.39, 0.29) is 12.2 Å². The van der Waals surface area contributed by atoms with Crippen LogP contribution >= 0.6 is 0 Å². The summed E-state index contributed by atoms with van der Waals surface area (Å²) in [5, 5.41) is 18.0. The van der Waals surface area contributed by atoms with Crippen molar-refractivity contribution in [2.75, 3.05) is 0 Å². The summed E-state index contributed by atoms with van der Waals surface area (Å²) in [5.41, 5.74) is 6.83. The summed E-state index contributed by atoms with van der Waals surface area (Å²) < 4.78 is 0. The molecule has 4 N–H and O–H groups in total. The first-order chi connectivity index (χ1) is 6.52. The molecule has 0 heterocycles. The summed E-state index contributed by atoms with van der Waals surface area (Å²) >= 11 is 0. The van der Waals surface area contributed by atoms with Gasteiger partial charge in [0.1, 0.15) is 11.8 Å². The summed E-state index contributed by atoms with van der Waals surface area (Å²) in [6.07, 6.45) is 0.232. The number of nitrogens with two attached hydrogens (primary N) is 1. The van der Waals surface area contributed by atoms with Crippen LogP contribution in [0.3, 0.4) is 0 Å². The van der Waals surface area contributed by atoms with Crippen LogP contribution in [0.5, 0.6) is 5.75 Å². The SMILES string of the molecule is Cc1c(O)cccc1C[C@H](N)C(=O)O. The third-order valence-corrected chi connectivity index (χ3v) is 2.17. The zero-order chi connectivity index (χ0) is 10.7. The fourth-order valence-electron chi connectivity index (χ4n) is 1.22. The van der Waals surface area contributed by atoms with Crippen molar-refractivity contribution in [2.45, 2.75) is 19.4 Å². The van der Waals surface area contributed by atoms with Crippen molar-refractivity contribution in [1.82, 2.24) is 0 Å². The number of rotatable bonds is 3. The average molecular weight is 195 g/mol. The highest BCUT2D eigenvalue weighted by molar-refractivity contribution is 5.73. The summed E-state index contributed by atoms with van der Waals surface area (Å²) in [5.74, 6) is -0.868. The normalized spacial score (nSPS) is 12.4. The molecule has 1 aromatic carbocycles. The second kappa shape index (κ2) is 4.11. The minimum absolute atomic E-state index is 0.167. The second-order valence-corrected chi connectivity index (χ2v) is 3.21. The summed E-state index contributed by atoms with van der Waals surface area (Å²) in [6, 6.07) is 4.07. The van der Waals surface area contributed by atoms with Crippen molar-refractivity contribution in [1.29, 1.82) is 0 Å². The highest BCUT2D eigenvalue weighted by Gasteiger charge is 2.14. The Morgan fingerprint density at radius 1 is 1.57 bits per heavy atom. The van der Waals surface area contributed by atoms with Gasteiger partial charge in [0.25, 0.3) is 0 Å². The van der Waals surface area contributed by atoms with E-state index in [1.807, 2.05) is 0 Å². The molecule has 0 aliphatic rings. The molecule has 0 fully saturated rings. The zero-order valence-corrected chi connectivity index (χ0v) is 7.90. The Bertz CT molecular complexity index is 349. The third kappa shape index (κ3) is 2.23. The number of phenols is 1. The van der Waals surface area contributed by atoms with Crippen LogP contribution in [0.4, 0.5) is 0 Å². The second-order valence-electron chi connectivity index (χ2n) is 3.21. The number of carboxylic acids is 1. The predicted octanol–water partition coefficient (Wildman–Crippen LogP) is 0.655. The van der Waals surface area contributed by atoms with Crippen molar-refractivity contribution in [2.24, 2.45) is 5.73 Å². The van der Waals surface area contributed by atoms with E-state index in [2.05, 4.69) is 0 Å². The Balaban J connectivity index is 2.87. The molecule has 0 radical (unpaired) electrons. The minimum atomic E-state index is -1.03. The fraction of sp³-hybridized carbons (Fsp3) is 0.300. The van der Waals surface area contributed by atoms with E-state index in [0.29, 0.717) is 5.56 Å². The van der Waals surface area contributed by atoms with Gasteiger partial charge in [-0.1, -0.05) is 12.1 Å². The Kier molecular flexibility index (Phi) is 3.09. The van der Waals surface area contributed by atoms with Gasteiger partial charge in [-0.15, -0.1) is 0 Å². The number of carboxylic acid groups (broad SMARTS) is 1. The van der Waals surface area contributed by atoms with Crippen LogP contribution < -0.4 is 5.73 Å². The molecule has 0 unspecified atom stereocenters. The molecular weight excluding hydrogens is 182 g/mol. The standard InChI is InChI=1S/C10H13NO3/c1-6-7(3-2-4-9(6)12)5-8(11)10(13)14/h2-4,8,12H,5,11H2,1H3,(H,13,14)/t8-/m0/s1. The molecule has 0 spiro atoms. The minimum Gasteiger partial charge on any atom is -0.508 e. The van der Waals surface area contributed by atoms with Gasteiger partial charge in [0.2, 0.25) is 0 Å². The van der Waals surface area contributed by atoms with E-state index in [0.717, 1.165) is 5.56 Å². The van der Waals surface area contributed by atoms with E-state index in [9.17, 15) is 9.90 Å². The molecule has 4 nitrogen and oxygen atoms in total. The first-order valence-electron chi connectivity index (χ1n) is 4.28. The van der Waals surface area contributed by atoms with Crippen LogP contribution in [-0.4, -0.2) is 22.2 Å². The Morgan fingerprint density at radius 3 is 2.79 bits per heavy atom. The van der Waals surface area contributed by atoms with Gasteiger partial charge >= 0.3 is 5.97 Å². The number of phenolic OH excluding ortho intramolecular Hbond substituents is 1. The Labute approximate surface area is 82.0 Å². The number of hydrogen-bond donors (Lipinski definition) is 3. The first-order valence-corrected chi connectivity index (χ1v) is 4.28. The van der Waals surface area contributed by atoms with Crippen LogP contribution in [0.1, 0.15) is 11.1 Å². The molecule has 0 amide bonds. The van der Waals surface area contributed by atoms with Crippen LogP contribution in [0.25, 0.3) is 0 Å². The lowest BCUT2D eigenvalue weighted by Gasteiger charge is -2.09. The molecule has 76 valence electrons. The Hall–Kier alpha value is -1.55. The van der Waals surface area contributed by atoms with Crippen molar-refractivity contribution in [3.05, 3.63) is 29.3 Å². The number of aromatic hydroxyl groups is 1. The molecule has 0 aliphatic carbocycles. The molecular formula is C10H13NO3. The van der Waals surface area contributed by atoms with Crippen LogP contribution in [0.2, 0.25) is 0 Å². The number of benzene rings is 1. The van der Waals surface area contributed by atoms with E-state index in [1.54, 1.807) is 25.1 Å². The number of hydrogen-bond acceptors (Lipinski definition) is 3. The van der Waals surface area contributed by atoms with Gasteiger partial charge in [0, 0.05) is 0 Å². The van der Waals surface area contributed by atoms with Gasteiger partial charge in [-0.05, 0) is 30.5 Å². The summed E-state index contributed by atoms with van der Waals surface area (Å²) in [7, 11) is 0. The van der Waals surface area contributed by atoms with Crippen molar-refractivity contribution in [3.63, 3.8) is 0 Å². The van der Waals surface area contributed by atoms with Gasteiger partial charge in [-0.2, -0.15) is 0 Å². The molecule has 1 rings (SSSR count). The molecule has 0 aliphatic heterocycles. The maximum absolute atomic E-state index is 10.5. The fourth-order valence-corrected chi connectivity index (χ4v) is 1.22. The zero-order valence-electron chi connectivity index (χ0n) is 7.90. The van der Waals surface area contributed by atoms with Crippen LogP contribution in [0, 0.1) is 6.92 Å². The lowest BCUT2D eigenvalue weighted by molar-refractivity contribution is -0.138. The smallest absolute Gasteiger partial charge is 0.320 e. The molecule has 1 aromatic rings. The monoisotopic (exact) mass is 195 g/mol. The molecule has 14 heavy (non-hydrogen) atoms.